The predicted molar refractivity (Wildman–Crippen MR) is 84.8 cm³/mol. The topological polar surface area (TPSA) is 26.3 Å². The third kappa shape index (κ3) is 8.60. The van der Waals surface area contributed by atoms with Gasteiger partial charge in [-0.1, -0.05) is 77.6 Å². The van der Waals surface area contributed by atoms with Gasteiger partial charge < -0.3 is 4.74 Å². The highest BCUT2D eigenvalue weighted by Gasteiger charge is 2.21. The van der Waals surface area contributed by atoms with Crippen LogP contribution in [0.3, 0.4) is 0 Å². The van der Waals surface area contributed by atoms with Crippen LogP contribution in [0.5, 0.6) is 0 Å². The first-order valence-electron chi connectivity index (χ1n) is 9.01. The third-order valence-corrected chi connectivity index (χ3v) is 4.43. The highest BCUT2D eigenvalue weighted by atomic mass is 16.5. The van der Waals surface area contributed by atoms with E-state index in [1.165, 1.54) is 70.6 Å². The summed E-state index contributed by atoms with van der Waals surface area (Å²) in [5.74, 6) is 0.284. The molecule has 1 aliphatic carbocycles. The average Bonchev–Trinajstić information content (AvgIpc) is 2.50. The highest BCUT2D eigenvalue weighted by Crippen LogP contribution is 2.24. The summed E-state index contributed by atoms with van der Waals surface area (Å²) in [6.07, 6.45) is 17.6. The molecule has 0 aromatic rings. The molecule has 1 rings (SSSR count). The van der Waals surface area contributed by atoms with Gasteiger partial charge in [-0.15, -0.1) is 0 Å². The Balaban J connectivity index is 1.83. The molecule has 1 fully saturated rings. The van der Waals surface area contributed by atoms with Crippen LogP contribution >= 0.6 is 0 Å². The Hall–Kier alpha value is -0.530. The number of rotatable bonds is 11. The average molecular weight is 282 g/mol. The fourth-order valence-corrected chi connectivity index (χ4v) is 3.04. The van der Waals surface area contributed by atoms with Gasteiger partial charge in [-0.2, -0.15) is 0 Å². The Morgan fingerprint density at radius 2 is 1.40 bits per heavy atom. The molecule has 0 unspecified atom stereocenters. The van der Waals surface area contributed by atoms with Crippen molar-refractivity contribution in [2.45, 2.75) is 96.8 Å². The Morgan fingerprint density at radius 3 is 2.00 bits per heavy atom. The van der Waals surface area contributed by atoms with Gasteiger partial charge in [0.1, 0.15) is 0 Å². The fourth-order valence-electron chi connectivity index (χ4n) is 3.04. The number of hydrogen-bond acceptors (Lipinski definition) is 2. The second-order valence-corrected chi connectivity index (χ2v) is 6.33. The highest BCUT2D eigenvalue weighted by molar-refractivity contribution is 5.72. The van der Waals surface area contributed by atoms with E-state index in [4.69, 9.17) is 4.74 Å². The fraction of sp³-hybridized carbons (Fsp3) is 0.944. The molecule has 0 amide bonds. The normalized spacial score (nSPS) is 16.2. The molecule has 0 aromatic heterocycles. The monoisotopic (exact) mass is 282 g/mol. The molecule has 118 valence electrons. The lowest BCUT2D eigenvalue weighted by Gasteiger charge is -2.19. The maximum absolute atomic E-state index is 11.8. The zero-order valence-electron chi connectivity index (χ0n) is 13.5. The quantitative estimate of drug-likeness (QED) is 0.362. The summed E-state index contributed by atoms with van der Waals surface area (Å²) in [6.45, 7) is 2.90. The maximum Gasteiger partial charge on any atom is 0.308 e. The summed E-state index contributed by atoms with van der Waals surface area (Å²) in [5, 5.41) is 0. The third-order valence-electron chi connectivity index (χ3n) is 4.43. The molecule has 0 heterocycles. The summed E-state index contributed by atoms with van der Waals surface area (Å²) >= 11 is 0. The largest absolute Gasteiger partial charge is 0.465 e. The van der Waals surface area contributed by atoms with Gasteiger partial charge in [0.2, 0.25) is 0 Å². The number of carbonyl (C=O) groups excluding carboxylic acids is 1. The Labute approximate surface area is 125 Å². The molecule has 2 nitrogen and oxygen atoms in total. The van der Waals surface area contributed by atoms with E-state index < -0.39 is 0 Å². The van der Waals surface area contributed by atoms with Crippen molar-refractivity contribution < 1.29 is 9.53 Å². The summed E-state index contributed by atoms with van der Waals surface area (Å²) in [4.78, 5) is 11.8. The molecule has 0 atom stereocenters. The van der Waals surface area contributed by atoms with Crippen molar-refractivity contribution in [3.63, 3.8) is 0 Å². The van der Waals surface area contributed by atoms with Gasteiger partial charge in [0.15, 0.2) is 0 Å². The molecule has 1 aliphatic rings. The molecule has 0 aromatic carbocycles. The van der Waals surface area contributed by atoms with Gasteiger partial charge in [-0.3, -0.25) is 4.79 Å². The Bertz CT molecular complexity index is 232. The van der Waals surface area contributed by atoms with Crippen LogP contribution in [0, 0.1) is 5.92 Å². The van der Waals surface area contributed by atoms with Crippen LogP contribution < -0.4 is 0 Å². The van der Waals surface area contributed by atoms with Gasteiger partial charge in [0.05, 0.1) is 12.5 Å². The van der Waals surface area contributed by atoms with Gasteiger partial charge in [0, 0.05) is 0 Å². The molecule has 0 spiro atoms. The van der Waals surface area contributed by atoms with Crippen molar-refractivity contribution in [3.05, 3.63) is 0 Å². The lowest BCUT2D eigenvalue weighted by Crippen LogP contribution is -2.20. The summed E-state index contributed by atoms with van der Waals surface area (Å²) in [5.41, 5.74) is 0. The SMILES string of the molecule is CCCCCCCCCCCOC(=O)C1CCCCC1. The van der Waals surface area contributed by atoms with E-state index >= 15 is 0 Å². The Kier molecular flexibility index (Phi) is 10.7. The number of ether oxygens (including phenoxy) is 1. The van der Waals surface area contributed by atoms with E-state index in [9.17, 15) is 4.79 Å². The van der Waals surface area contributed by atoms with E-state index in [0.717, 1.165) is 19.3 Å². The van der Waals surface area contributed by atoms with Crippen LogP contribution in [0.1, 0.15) is 96.8 Å². The van der Waals surface area contributed by atoms with E-state index in [1.807, 2.05) is 0 Å². The van der Waals surface area contributed by atoms with Crippen LogP contribution in [0.2, 0.25) is 0 Å². The molecule has 2 heteroatoms. The van der Waals surface area contributed by atoms with Crippen LogP contribution in [0.4, 0.5) is 0 Å². The second-order valence-electron chi connectivity index (χ2n) is 6.33. The van der Waals surface area contributed by atoms with Gasteiger partial charge in [-0.25, -0.2) is 0 Å². The molecule has 0 bridgehead atoms. The summed E-state index contributed by atoms with van der Waals surface area (Å²) < 4.78 is 5.40. The van der Waals surface area contributed by atoms with Crippen LogP contribution in [-0.4, -0.2) is 12.6 Å². The molecule has 0 N–H and O–H groups in total. The zero-order chi connectivity index (χ0) is 14.5. The van der Waals surface area contributed by atoms with Crippen molar-refractivity contribution in [2.24, 2.45) is 5.92 Å². The van der Waals surface area contributed by atoms with Gasteiger partial charge in [0.25, 0.3) is 0 Å². The minimum absolute atomic E-state index is 0.0734. The summed E-state index contributed by atoms with van der Waals surface area (Å²) in [6, 6.07) is 0. The van der Waals surface area contributed by atoms with Crippen molar-refractivity contribution in [1.82, 2.24) is 0 Å². The number of esters is 1. The minimum Gasteiger partial charge on any atom is -0.465 e. The lowest BCUT2D eigenvalue weighted by molar-refractivity contribution is -0.149. The second kappa shape index (κ2) is 12.2. The van der Waals surface area contributed by atoms with Crippen LogP contribution in [-0.2, 0) is 9.53 Å². The molecule has 0 aliphatic heterocycles. The number of hydrogen-bond donors (Lipinski definition) is 0. The van der Waals surface area contributed by atoms with E-state index in [2.05, 4.69) is 6.92 Å². The zero-order valence-corrected chi connectivity index (χ0v) is 13.5. The van der Waals surface area contributed by atoms with Gasteiger partial charge in [-0.05, 0) is 19.3 Å². The van der Waals surface area contributed by atoms with E-state index in [0.29, 0.717) is 6.61 Å². The molecule has 20 heavy (non-hydrogen) atoms. The summed E-state index contributed by atoms with van der Waals surface area (Å²) in [7, 11) is 0. The van der Waals surface area contributed by atoms with Crippen molar-refractivity contribution in [2.75, 3.05) is 6.61 Å². The number of unbranched alkanes of at least 4 members (excludes halogenated alkanes) is 8. The van der Waals surface area contributed by atoms with Crippen molar-refractivity contribution in [1.29, 1.82) is 0 Å². The maximum atomic E-state index is 11.8. The van der Waals surface area contributed by atoms with E-state index in [1.54, 1.807) is 0 Å². The lowest BCUT2D eigenvalue weighted by atomic mass is 9.89. The van der Waals surface area contributed by atoms with Crippen molar-refractivity contribution >= 4 is 5.97 Å². The Morgan fingerprint density at radius 1 is 0.850 bits per heavy atom. The van der Waals surface area contributed by atoms with Gasteiger partial charge >= 0.3 is 5.97 Å². The molecular weight excluding hydrogens is 248 g/mol. The first kappa shape index (κ1) is 17.5. The first-order valence-corrected chi connectivity index (χ1v) is 9.01. The smallest absolute Gasteiger partial charge is 0.308 e. The molecular formula is C18H34O2. The molecule has 0 saturated heterocycles. The van der Waals surface area contributed by atoms with Crippen molar-refractivity contribution in [3.8, 4) is 0 Å². The first-order chi connectivity index (χ1) is 9.84. The van der Waals surface area contributed by atoms with Crippen LogP contribution in [0.25, 0.3) is 0 Å². The predicted octanol–water partition coefficient (Wildman–Crippen LogP) is 5.64. The van der Waals surface area contributed by atoms with E-state index in [-0.39, 0.29) is 11.9 Å². The molecule has 0 radical (unpaired) electrons. The number of carbonyl (C=O) groups is 1. The van der Waals surface area contributed by atoms with Crippen LogP contribution in [0.15, 0.2) is 0 Å². The minimum atomic E-state index is 0.0734. The standard InChI is InChI=1S/C18H34O2/c1-2-3-4-5-6-7-8-9-13-16-20-18(19)17-14-11-10-12-15-17/h17H,2-16H2,1H3. The molecule has 1 saturated carbocycles.